The second-order valence-electron chi connectivity index (χ2n) is 6.38. The summed E-state index contributed by atoms with van der Waals surface area (Å²) in [5.41, 5.74) is 6.80. The van der Waals surface area contributed by atoms with Crippen molar-refractivity contribution < 1.29 is 10.2 Å². The lowest BCUT2D eigenvalue weighted by atomic mass is 9.81. The summed E-state index contributed by atoms with van der Waals surface area (Å²) in [6.07, 6.45) is 3.32. The van der Waals surface area contributed by atoms with Crippen LogP contribution in [-0.2, 0) is 25.7 Å². The van der Waals surface area contributed by atoms with E-state index in [4.69, 9.17) is 11.6 Å². The second-order valence-corrected chi connectivity index (χ2v) is 6.69. The fraction of sp³-hybridized carbons (Fsp3) is 0.455. The molecule has 25 heavy (non-hydrogen) atoms. The predicted octanol–water partition coefficient (Wildman–Crippen LogP) is 5.72. The molecule has 0 aliphatic carbocycles. The second kappa shape index (κ2) is 8.62. The summed E-state index contributed by atoms with van der Waals surface area (Å²) in [4.78, 5) is 0. The van der Waals surface area contributed by atoms with E-state index >= 15 is 0 Å². The van der Waals surface area contributed by atoms with Crippen molar-refractivity contribution in [2.24, 2.45) is 0 Å². The number of aromatic hydroxyl groups is 2. The zero-order valence-corrected chi connectivity index (χ0v) is 16.5. The maximum atomic E-state index is 10.2. The Labute approximate surface area is 156 Å². The molecule has 0 amide bonds. The number of benzene rings is 2. The molecule has 0 fully saturated rings. The van der Waals surface area contributed by atoms with Crippen molar-refractivity contribution in [3.05, 3.63) is 57.6 Å². The average Bonchev–Trinajstić information content (AvgIpc) is 2.63. The third kappa shape index (κ3) is 3.64. The summed E-state index contributed by atoms with van der Waals surface area (Å²) in [6.45, 7) is 8.39. The molecule has 2 nitrogen and oxygen atoms in total. The van der Waals surface area contributed by atoms with Gasteiger partial charge in [-0.1, -0.05) is 39.8 Å². The van der Waals surface area contributed by atoms with Crippen LogP contribution in [0, 0.1) is 0 Å². The van der Waals surface area contributed by atoms with Gasteiger partial charge in [0.2, 0.25) is 0 Å². The molecule has 0 spiro atoms. The van der Waals surface area contributed by atoms with Gasteiger partial charge in [0.05, 0.1) is 0 Å². The van der Waals surface area contributed by atoms with Crippen LogP contribution in [0.1, 0.15) is 67.0 Å². The van der Waals surface area contributed by atoms with E-state index in [1.54, 1.807) is 12.1 Å². The molecule has 0 radical (unpaired) electrons. The predicted molar refractivity (Wildman–Crippen MR) is 106 cm³/mol. The highest BCUT2D eigenvalue weighted by molar-refractivity contribution is 6.18. The van der Waals surface area contributed by atoms with Crippen LogP contribution in [0.4, 0.5) is 0 Å². The van der Waals surface area contributed by atoms with E-state index in [1.165, 1.54) is 22.3 Å². The first-order valence-electron chi connectivity index (χ1n) is 9.26. The molecule has 0 aliphatic heterocycles. The fourth-order valence-electron chi connectivity index (χ4n) is 4.01. The maximum Gasteiger partial charge on any atom is 0.119 e. The number of hydrogen-bond donors (Lipinski definition) is 2. The largest absolute Gasteiger partial charge is 0.508 e. The van der Waals surface area contributed by atoms with Crippen LogP contribution in [0.25, 0.3) is 0 Å². The number of alkyl halides is 1. The zero-order valence-electron chi connectivity index (χ0n) is 15.7. The van der Waals surface area contributed by atoms with Gasteiger partial charge in [0.1, 0.15) is 11.5 Å². The van der Waals surface area contributed by atoms with Crippen molar-refractivity contribution in [1.82, 2.24) is 0 Å². The van der Waals surface area contributed by atoms with Gasteiger partial charge in [0.15, 0.2) is 0 Å². The average molecular weight is 361 g/mol. The Morgan fingerprint density at radius 3 is 1.32 bits per heavy atom. The third-order valence-corrected chi connectivity index (χ3v) is 5.51. The van der Waals surface area contributed by atoms with Gasteiger partial charge in [-0.15, -0.1) is 11.6 Å². The number of hydrogen-bond acceptors (Lipinski definition) is 2. The molecule has 3 heteroatoms. The minimum atomic E-state index is 0.0587. The van der Waals surface area contributed by atoms with Crippen LogP contribution >= 0.6 is 11.6 Å². The summed E-state index contributed by atoms with van der Waals surface area (Å²) >= 11 is 6.44. The zero-order chi connectivity index (χ0) is 18.6. The molecule has 0 aromatic heterocycles. The van der Waals surface area contributed by atoms with E-state index in [0.717, 1.165) is 36.8 Å². The lowest BCUT2D eigenvalue weighted by molar-refractivity contribution is 0.467. The van der Waals surface area contributed by atoms with Gasteiger partial charge in [0, 0.05) is 11.8 Å². The number of rotatable bonds is 7. The van der Waals surface area contributed by atoms with Gasteiger partial charge >= 0.3 is 0 Å². The summed E-state index contributed by atoms with van der Waals surface area (Å²) < 4.78 is 0. The number of phenols is 2. The van der Waals surface area contributed by atoms with E-state index in [0.29, 0.717) is 17.4 Å². The van der Waals surface area contributed by atoms with Gasteiger partial charge in [-0.2, -0.15) is 0 Å². The number of phenolic OH excluding ortho intramolecular Hbond substituents is 2. The van der Waals surface area contributed by atoms with Crippen molar-refractivity contribution in [1.29, 1.82) is 0 Å². The summed E-state index contributed by atoms with van der Waals surface area (Å²) in [5.74, 6) is 1.27. The summed E-state index contributed by atoms with van der Waals surface area (Å²) in [6, 6.07) is 7.61. The smallest absolute Gasteiger partial charge is 0.119 e. The number of halogens is 1. The van der Waals surface area contributed by atoms with E-state index in [-0.39, 0.29) is 5.92 Å². The lowest BCUT2D eigenvalue weighted by Gasteiger charge is -2.25. The highest BCUT2D eigenvalue weighted by Crippen LogP contribution is 2.38. The van der Waals surface area contributed by atoms with Gasteiger partial charge in [-0.3, -0.25) is 0 Å². The maximum absolute atomic E-state index is 10.2. The van der Waals surface area contributed by atoms with Crippen molar-refractivity contribution in [3.8, 4) is 11.5 Å². The quantitative estimate of drug-likeness (QED) is 0.620. The molecule has 2 rings (SSSR count). The Hall–Kier alpha value is -1.67. The molecule has 136 valence electrons. The van der Waals surface area contributed by atoms with Crippen LogP contribution in [0.15, 0.2) is 24.3 Å². The van der Waals surface area contributed by atoms with Crippen molar-refractivity contribution in [2.45, 2.75) is 59.3 Å². The monoisotopic (exact) mass is 360 g/mol. The van der Waals surface area contributed by atoms with Crippen LogP contribution in [0.5, 0.6) is 11.5 Å². The first-order valence-corrected chi connectivity index (χ1v) is 9.80. The molecule has 0 heterocycles. The van der Waals surface area contributed by atoms with Crippen LogP contribution < -0.4 is 0 Å². The van der Waals surface area contributed by atoms with E-state index in [2.05, 4.69) is 27.7 Å². The van der Waals surface area contributed by atoms with Crippen molar-refractivity contribution >= 4 is 11.6 Å². The Kier molecular flexibility index (Phi) is 6.78. The molecule has 0 aliphatic rings. The third-order valence-electron chi connectivity index (χ3n) is 5.20. The van der Waals surface area contributed by atoms with Gasteiger partial charge in [-0.05, 0) is 71.2 Å². The molecule has 2 N–H and O–H groups in total. The fourth-order valence-corrected chi connectivity index (χ4v) is 4.34. The first kappa shape index (κ1) is 19.7. The molecule has 0 atom stereocenters. The Morgan fingerprint density at radius 1 is 0.680 bits per heavy atom. The molecule has 2 aromatic rings. The molecule has 0 unspecified atom stereocenters. The summed E-state index contributed by atoms with van der Waals surface area (Å²) in [5, 5.41) is 20.5. The van der Waals surface area contributed by atoms with Gasteiger partial charge in [-0.25, -0.2) is 0 Å². The van der Waals surface area contributed by atoms with Gasteiger partial charge in [0.25, 0.3) is 0 Å². The normalized spacial score (nSPS) is 11.3. The Bertz CT molecular complexity index is 676. The van der Waals surface area contributed by atoms with Crippen molar-refractivity contribution in [3.63, 3.8) is 0 Å². The van der Waals surface area contributed by atoms with Gasteiger partial charge < -0.3 is 10.2 Å². The van der Waals surface area contributed by atoms with Crippen molar-refractivity contribution in [2.75, 3.05) is 5.88 Å². The van der Waals surface area contributed by atoms with E-state index < -0.39 is 0 Å². The molecule has 0 saturated carbocycles. The SMILES string of the molecule is CCc1c(O)ccc(C(CCl)c2ccc(O)c(CC)c2CC)c1CC. The topological polar surface area (TPSA) is 40.5 Å². The van der Waals surface area contributed by atoms with Crippen LogP contribution in [0.2, 0.25) is 0 Å². The minimum absolute atomic E-state index is 0.0587. The molecular formula is C22H29ClO2. The first-order chi connectivity index (χ1) is 12.0. The van der Waals surface area contributed by atoms with E-state index in [1.807, 2.05) is 12.1 Å². The molecule has 2 aromatic carbocycles. The molecule has 0 saturated heterocycles. The highest BCUT2D eigenvalue weighted by atomic mass is 35.5. The molecule has 0 bridgehead atoms. The Morgan fingerprint density at radius 2 is 1.04 bits per heavy atom. The van der Waals surface area contributed by atoms with Crippen LogP contribution in [-0.4, -0.2) is 16.1 Å². The highest BCUT2D eigenvalue weighted by Gasteiger charge is 2.23. The summed E-state index contributed by atoms with van der Waals surface area (Å²) in [7, 11) is 0. The van der Waals surface area contributed by atoms with E-state index in [9.17, 15) is 10.2 Å². The Balaban J connectivity index is 2.70. The van der Waals surface area contributed by atoms with Crippen LogP contribution in [0.3, 0.4) is 0 Å². The lowest BCUT2D eigenvalue weighted by Crippen LogP contribution is -2.12. The standard InChI is InChI=1S/C22H29ClO2/c1-5-14-16(7-3)21(24)11-9-18(14)20(13-23)19-10-12-22(25)17(8-4)15(19)6-2/h9-12,20,24-25H,5-8,13H2,1-4H3. The molecular weight excluding hydrogens is 332 g/mol. The minimum Gasteiger partial charge on any atom is -0.508 e.